The fraction of sp³-hybridized carbons (Fsp3) is 1.00. The molecule has 0 rings (SSSR count). The van der Waals surface area contributed by atoms with Crippen molar-refractivity contribution < 1.29 is 13.0 Å². The first kappa shape index (κ1) is 16.2. The molecule has 0 unspecified atom stereocenters. The van der Waals surface area contributed by atoms with E-state index in [-0.39, 0.29) is 75.5 Å². The number of hydrogen-bond acceptors (Lipinski definition) is 2. The van der Waals surface area contributed by atoms with Gasteiger partial charge in [0, 0.05) is 0 Å². The summed E-state index contributed by atoms with van der Waals surface area (Å²) in [6.45, 7) is 0. The molecule has 0 radical (unpaired) electrons. The second-order valence-electron chi connectivity index (χ2n) is 0.733. The zero-order chi connectivity index (χ0) is 4.50. The Hall–Kier alpha value is 2.43. The van der Waals surface area contributed by atoms with Crippen LogP contribution in [0.15, 0.2) is 0 Å². The quantitative estimate of drug-likeness (QED) is 0.336. The molecule has 6 heteroatoms. The monoisotopic (exact) mass is 180 g/mol. The molecule has 7 heavy (non-hydrogen) atoms. The van der Waals surface area contributed by atoms with E-state index in [1.807, 2.05) is 0 Å². The van der Waals surface area contributed by atoms with Crippen molar-refractivity contribution in [2.45, 2.75) is 0 Å². The van der Waals surface area contributed by atoms with Crippen LogP contribution in [0.3, 0.4) is 0 Å². The van der Waals surface area contributed by atoms with Crippen LogP contribution in [0.4, 0.5) is 0 Å². The van der Waals surface area contributed by atoms with Gasteiger partial charge in [0.1, 0.15) is 0 Å². The van der Waals surface area contributed by atoms with Gasteiger partial charge in [0.05, 0.1) is 6.26 Å². The molecule has 3 nitrogen and oxygen atoms in total. The molecule has 0 spiro atoms. The summed E-state index contributed by atoms with van der Waals surface area (Å²) in [6, 6.07) is 0. The summed E-state index contributed by atoms with van der Waals surface area (Å²) in [5.41, 5.74) is 0. The van der Waals surface area contributed by atoms with Gasteiger partial charge in [-0.2, -0.15) is 8.42 Å². The first-order valence-electron chi connectivity index (χ1n) is 0.924. The molecule has 0 amide bonds. The molecule has 0 aliphatic carbocycles. The zero-order valence-electron chi connectivity index (χ0n) is 2.67. The van der Waals surface area contributed by atoms with Crippen molar-refractivity contribution in [1.29, 1.82) is 0 Å². The molecule has 0 aromatic heterocycles. The molecule has 0 aromatic rings. The van der Waals surface area contributed by atoms with Crippen LogP contribution in [0.2, 0.25) is 0 Å². The van der Waals surface area contributed by atoms with Crippen molar-refractivity contribution in [2.75, 3.05) is 6.26 Å². The summed E-state index contributed by atoms with van der Waals surface area (Å²) in [5.74, 6) is 0. The van der Waals surface area contributed by atoms with Crippen molar-refractivity contribution in [2.24, 2.45) is 0 Å². The van der Waals surface area contributed by atoms with E-state index in [1.165, 1.54) is 0 Å². The van der Waals surface area contributed by atoms with Gasteiger partial charge < -0.3 is 0 Å². The average Bonchev–Trinajstić information content (AvgIpc) is 0.722. The van der Waals surface area contributed by atoms with Gasteiger partial charge in [-0.1, -0.05) is 0 Å². The molecule has 0 saturated heterocycles. The third-order valence-corrected chi connectivity index (χ3v) is 0. The van der Waals surface area contributed by atoms with Gasteiger partial charge in [0.15, 0.2) is 0 Å². The van der Waals surface area contributed by atoms with Crippen LogP contribution < -0.4 is 0 Å². The van der Waals surface area contributed by atoms with Crippen LogP contribution >= 0.6 is 0 Å². The second kappa shape index (κ2) is 6.55. The minimum atomic E-state index is -3.67. The Morgan fingerprint density at radius 2 is 1.29 bits per heavy atom. The second-order valence-corrected chi connectivity index (χ2v) is 2.20. The zero-order valence-corrected chi connectivity index (χ0v) is 3.49. The molecular formula is CH8Ca2O3S. The van der Waals surface area contributed by atoms with Crippen LogP contribution in [-0.2, 0) is 10.1 Å². The van der Waals surface area contributed by atoms with Crippen molar-refractivity contribution in [3.8, 4) is 0 Å². The Kier molecular flexibility index (Phi) is 15.2. The maximum atomic E-state index is 9.19. The van der Waals surface area contributed by atoms with Crippen LogP contribution in [-0.4, -0.2) is 94.7 Å². The van der Waals surface area contributed by atoms with E-state index in [0.29, 0.717) is 6.26 Å². The normalized spacial score (nSPS) is 8.29. The van der Waals surface area contributed by atoms with Crippen LogP contribution in [0, 0.1) is 0 Å². The molecule has 0 bridgehead atoms. The van der Waals surface area contributed by atoms with E-state index in [2.05, 4.69) is 0 Å². The molecule has 0 saturated carbocycles. The van der Waals surface area contributed by atoms with Crippen molar-refractivity contribution in [3.05, 3.63) is 0 Å². The van der Waals surface area contributed by atoms with Gasteiger partial charge in [-0.05, 0) is 0 Å². The van der Waals surface area contributed by atoms with E-state index in [4.69, 9.17) is 4.55 Å². The topological polar surface area (TPSA) is 54.4 Å². The van der Waals surface area contributed by atoms with Crippen LogP contribution in [0.5, 0.6) is 0 Å². The summed E-state index contributed by atoms with van der Waals surface area (Å²) >= 11 is 0. The Bertz CT molecular complexity index is 96.1. The summed E-state index contributed by atoms with van der Waals surface area (Å²) in [4.78, 5) is 0. The van der Waals surface area contributed by atoms with Crippen molar-refractivity contribution >= 4 is 85.6 Å². The summed E-state index contributed by atoms with van der Waals surface area (Å²) in [5, 5.41) is 0. The van der Waals surface area contributed by atoms with Gasteiger partial charge in [-0.25, -0.2) is 0 Å². The molecule has 0 atom stereocenters. The predicted molar refractivity (Wildman–Crippen MR) is 34.6 cm³/mol. The van der Waals surface area contributed by atoms with Gasteiger partial charge in [0.2, 0.25) is 0 Å². The standard InChI is InChI=1S/CH4O3S.2Ca.4H/c1-5(2,3)4;;;;;;/h1H3,(H,2,3,4);;;;;;. The summed E-state index contributed by atoms with van der Waals surface area (Å²) in [7, 11) is -3.67. The van der Waals surface area contributed by atoms with E-state index in [9.17, 15) is 8.42 Å². The van der Waals surface area contributed by atoms with E-state index in [1.54, 1.807) is 0 Å². The maximum absolute atomic E-state index is 9.19. The van der Waals surface area contributed by atoms with E-state index in [0.717, 1.165) is 0 Å². The fourth-order valence-electron chi connectivity index (χ4n) is 0. The molecule has 40 valence electrons. The van der Waals surface area contributed by atoms with Crippen molar-refractivity contribution in [1.82, 2.24) is 0 Å². The molecule has 0 heterocycles. The SMILES string of the molecule is CS(=O)(=O)O.[CaH2].[CaH2]. The third kappa shape index (κ3) is 59.0. The first-order valence-corrected chi connectivity index (χ1v) is 2.77. The summed E-state index contributed by atoms with van der Waals surface area (Å²) in [6.07, 6.45) is 0.715. The first-order chi connectivity index (χ1) is 2.00. The minimum absolute atomic E-state index is 0. The van der Waals surface area contributed by atoms with Gasteiger partial charge in [-0.3, -0.25) is 4.55 Å². The molecular weight excluding hydrogens is 172 g/mol. The van der Waals surface area contributed by atoms with Gasteiger partial charge >= 0.3 is 75.5 Å². The number of hydrogen-bond donors (Lipinski definition) is 1. The third-order valence-electron chi connectivity index (χ3n) is 0. The van der Waals surface area contributed by atoms with E-state index >= 15 is 0 Å². The van der Waals surface area contributed by atoms with Crippen molar-refractivity contribution in [3.63, 3.8) is 0 Å². The molecule has 1 N–H and O–H groups in total. The van der Waals surface area contributed by atoms with Gasteiger partial charge in [-0.15, -0.1) is 0 Å². The Labute approximate surface area is 103 Å². The molecule has 0 aliphatic rings. The summed E-state index contributed by atoms with van der Waals surface area (Å²) < 4.78 is 25.9. The Balaban J connectivity index is -0.0000000800. The Morgan fingerprint density at radius 3 is 1.29 bits per heavy atom. The molecule has 0 fully saturated rings. The van der Waals surface area contributed by atoms with E-state index < -0.39 is 10.1 Å². The van der Waals surface area contributed by atoms with Crippen LogP contribution in [0.1, 0.15) is 0 Å². The predicted octanol–water partition coefficient (Wildman–Crippen LogP) is -2.33. The fourth-order valence-corrected chi connectivity index (χ4v) is 0. The van der Waals surface area contributed by atoms with Gasteiger partial charge in [0.25, 0.3) is 10.1 Å². The molecule has 0 aliphatic heterocycles. The van der Waals surface area contributed by atoms with Crippen LogP contribution in [0.25, 0.3) is 0 Å². The Morgan fingerprint density at radius 1 is 1.29 bits per heavy atom. The average molecular weight is 180 g/mol. The molecule has 0 aromatic carbocycles. The number of rotatable bonds is 0.